The second-order valence-electron chi connectivity index (χ2n) is 4.62. The lowest BCUT2D eigenvalue weighted by Gasteiger charge is -2.14. The summed E-state index contributed by atoms with van der Waals surface area (Å²) in [5.74, 6) is 1.04. The molecule has 0 aliphatic heterocycles. The average molecular weight is 354 g/mol. The van der Waals surface area contributed by atoms with Crippen LogP contribution in [-0.2, 0) is 0 Å². The molecule has 0 aliphatic rings. The summed E-state index contributed by atoms with van der Waals surface area (Å²) in [5.41, 5.74) is 6.46. The van der Waals surface area contributed by atoms with Crippen LogP contribution in [0.25, 0.3) is 0 Å². The summed E-state index contributed by atoms with van der Waals surface area (Å²) >= 11 is 3.36. The van der Waals surface area contributed by atoms with Crippen LogP contribution in [0.5, 0.6) is 11.5 Å². The molecule has 112 valence electrons. The van der Waals surface area contributed by atoms with Gasteiger partial charge in [0, 0.05) is 16.1 Å². The van der Waals surface area contributed by atoms with Crippen molar-refractivity contribution in [3.8, 4) is 11.5 Å². The fourth-order valence-corrected chi connectivity index (χ4v) is 2.11. The van der Waals surface area contributed by atoms with Gasteiger partial charge in [-0.3, -0.25) is 0 Å². The fourth-order valence-electron chi connectivity index (χ4n) is 1.85. The van der Waals surface area contributed by atoms with Crippen LogP contribution in [0.15, 0.2) is 46.9 Å². The Morgan fingerprint density at radius 2 is 1.76 bits per heavy atom. The van der Waals surface area contributed by atoms with Crippen molar-refractivity contribution in [2.24, 2.45) is 5.73 Å². The molecule has 0 spiro atoms. The zero-order chi connectivity index (χ0) is 15.2. The van der Waals surface area contributed by atoms with E-state index in [2.05, 4.69) is 15.9 Å². The molecule has 0 unspecified atom stereocenters. The summed E-state index contributed by atoms with van der Waals surface area (Å²) in [6.07, 6.45) is 0. The van der Waals surface area contributed by atoms with Crippen LogP contribution in [0.1, 0.15) is 18.5 Å². The van der Waals surface area contributed by atoms with Crippen LogP contribution < -0.4 is 15.2 Å². The van der Waals surface area contributed by atoms with Crippen molar-refractivity contribution >= 4 is 15.9 Å². The highest BCUT2D eigenvalue weighted by Gasteiger charge is 2.09. The first-order chi connectivity index (χ1) is 10.1. The lowest BCUT2D eigenvalue weighted by atomic mass is 10.1. The molecule has 0 radical (unpaired) electrons. The van der Waals surface area contributed by atoms with E-state index >= 15 is 0 Å². The highest BCUT2D eigenvalue weighted by atomic mass is 79.9. The topological polar surface area (TPSA) is 44.5 Å². The monoisotopic (exact) mass is 353 g/mol. The van der Waals surface area contributed by atoms with E-state index in [-0.39, 0.29) is 11.9 Å². The Morgan fingerprint density at radius 1 is 1.10 bits per heavy atom. The number of hydrogen-bond acceptors (Lipinski definition) is 3. The lowest BCUT2D eigenvalue weighted by Crippen LogP contribution is -2.13. The molecule has 0 saturated carbocycles. The standard InChI is InChI=1S/C16H17BrFNO2/c1-11(19)15-10-13(18)4-7-16(15)21-9-8-20-14-5-2-12(17)3-6-14/h2-7,10-11H,8-9,19H2,1H3/t11-/m0/s1. The summed E-state index contributed by atoms with van der Waals surface area (Å²) in [5, 5.41) is 0. The smallest absolute Gasteiger partial charge is 0.124 e. The van der Waals surface area contributed by atoms with E-state index in [1.165, 1.54) is 12.1 Å². The molecule has 0 fully saturated rings. The van der Waals surface area contributed by atoms with Crippen molar-refractivity contribution in [2.75, 3.05) is 13.2 Å². The molecule has 0 aliphatic carbocycles. The van der Waals surface area contributed by atoms with Gasteiger partial charge in [-0.2, -0.15) is 0 Å². The molecule has 1 atom stereocenters. The minimum Gasteiger partial charge on any atom is -0.490 e. The maximum atomic E-state index is 13.2. The van der Waals surface area contributed by atoms with E-state index in [9.17, 15) is 4.39 Å². The molecule has 2 aromatic carbocycles. The third-order valence-electron chi connectivity index (χ3n) is 2.89. The highest BCUT2D eigenvalue weighted by molar-refractivity contribution is 9.10. The molecule has 3 nitrogen and oxygen atoms in total. The first kappa shape index (κ1) is 15.8. The summed E-state index contributed by atoms with van der Waals surface area (Å²) in [4.78, 5) is 0. The lowest BCUT2D eigenvalue weighted by molar-refractivity contribution is 0.215. The van der Waals surface area contributed by atoms with Crippen LogP contribution in [-0.4, -0.2) is 13.2 Å². The predicted octanol–water partition coefficient (Wildman–Crippen LogP) is 4.07. The summed E-state index contributed by atoms with van der Waals surface area (Å²) in [7, 11) is 0. The number of rotatable bonds is 6. The Kier molecular flexibility index (Phi) is 5.59. The molecule has 0 bridgehead atoms. The van der Waals surface area contributed by atoms with E-state index in [0.717, 1.165) is 10.2 Å². The van der Waals surface area contributed by atoms with Gasteiger partial charge in [0.25, 0.3) is 0 Å². The number of nitrogens with two attached hydrogens (primary N) is 1. The van der Waals surface area contributed by atoms with E-state index in [4.69, 9.17) is 15.2 Å². The zero-order valence-corrected chi connectivity index (χ0v) is 13.3. The number of halogens is 2. The van der Waals surface area contributed by atoms with Gasteiger partial charge in [-0.05, 0) is 49.4 Å². The van der Waals surface area contributed by atoms with Crippen molar-refractivity contribution in [3.63, 3.8) is 0 Å². The van der Waals surface area contributed by atoms with Gasteiger partial charge in [-0.25, -0.2) is 4.39 Å². The van der Waals surface area contributed by atoms with E-state index in [0.29, 0.717) is 24.5 Å². The van der Waals surface area contributed by atoms with Crippen LogP contribution >= 0.6 is 15.9 Å². The first-order valence-corrected chi connectivity index (χ1v) is 7.42. The van der Waals surface area contributed by atoms with Crippen LogP contribution in [0.4, 0.5) is 4.39 Å². The van der Waals surface area contributed by atoms with Gasteiger partial charge in [0.2, 0.25) is 0 Å². The molecule has 2 aromatic rings. The van der Waals surface area contributed by atoms with Crippen molar-refractivity contribution < 1.29 is 13.9 Å². The number of ether oxygens (including phenoxy) is 2. The van der Waals surface area contributed by atoms with E-state index in [1.807, 2.05) is 24.3 Å². The Balaban J connectivity index is 1.87. The Morgan fingerprint density at radius 3 is 2.43 bits per heavy atom. The quantitative estimate of drug-likeness (QED) is 0.796. The van der Waals surface area contributed by atoms with Gasteiger partial charge in [0.05, 0.1) is 0 Å². The third-order valence-corrected chi connectivity index (χ3v) is 3.41. The molecule has 0 heterocycles. The molecule has 2 N–H and O–H groups in total. The summed E-state index contributed by atoms with van der Waals surface area (Å²) in [6.45, 7) is 2.55. The molecule has 5 heteroatoms. The van der Waals surface area contributed by atoms with Gasteiger partial charge in [0.15, 0.2) is 0 Å². The molecule has 21 heavy (non-hydrogen) atoms. The second-order valence-corrected chi connectivity index (χ2v) is 5.54. The van der Waals surface area contributed by atoms with Crippen molar-refractivity contribution in [3.05, 3.63) is 58.3 Å². The van der Waals surface area contributed by atoms with Crippen molar-refractivity contribution in [1.82, 2.24) is 0 Å². The molecule has 0 amide bonds. The van der Waals surface area contributed by atoms with Gasteiger partial charge in [0.1, 0.15) is 30.5 Å². The Bertz CT molecular complexity index is 587. The second kappa shape index (κ2) is 7.43. The highest BCUT2D eigenvalue weighted by Crippen LogP contribution is 2.24. The Hall–Kier alpha value is -1.59. The van der Waals surface area contributed by atoms with Gasteiger partial charge < -0.3 is 15.2 Å². The summed E-state index contributed by atoms with van der Waals surface area (Å²) < 4.78 is 25.4. The molecule has 0 aromatic heterocycles. The van der Waals surface area contributed by atoms with Crippen LogP contribution in [0, 0.1) is 5.82 Å². The van der Waals surface area contributed by atoms with Crippen LogP contribution in [0.3, 0.4) is 0 Å². The van der Waals surface area contributed by atoms with Gasteiger partial charge >= 0.3 is 0 Å². The minimum absolute atomic E-state index is 0.289. The molecule has 2 rings (SSSR count). The van der Waals surface area contributed by atoms with Crippen molar-refractivity contribution in [1.29, 1.82) is 0 Å². The van der Waals surface area contributed by atoms with Crippen LogP contribution in [0.2, 0.25) is 0 Å². The normalized spacial score (nSPS) is 12.0. The van der Waals surface area contributed by atoms with Gasteiger partial charge in [-0.1, -0.05) is 15.9 Å². The largest absolute Gasteiger partial charge is 0.490 e. The Labute approximate surface area is 132 Å². The number of hydrogen-bond donors (Lipinski definition) is 1. The number of benzene rings is 2. The predicted molar refractivity (Wildman–Crippen MR) is 84.1 cm³/mol. The third kappa shape index (κ3) is 4.72. The fraction of sp³-hybridized carbons (Fsp3) is 0.250. The maximum Gasteiger partial charge on any atom is 0.124 e. The SMILES string of the molecule is C[C@H](N)c1cc(F)ccc1OCCOc1ccc(Br)cc1. The summed E-state index contributed by atoms with van der Waals surface area (Å²) in [6, 6.07) is 11.6. The van der Waals surface area contributed by atoms with E-state index in [1.54, 1.807) is 13.0 Å². The average Bonchev–Trinajstić information content (AvgIpc) is 2.46. The van der Waals surface area contributed by atoms with E-state index < -0.39 is 0 Å². The first-order valence-electron chi connectivity index (χ1n) is 6.62. The van der Waals surface area contributed by atoms with Gasteiger partial charge in [-0.15, -0.1) is 0 Å². The maximum absolute atomic E-state index is 13.2. The molecular weight excluding hydrogens is 337 g/mol. The zero-order valence-electron chi connectivity index (χ0n) is 11.7. The van der Waals surface area contributed by atoms with Crippen molar-refractivity contribution in [2.45, 2.75) is 13.0 Å². The molecule has 0 saturated heterocycles. The molecular formula is C16H17BrFNO2. The minimum atomic E-state index is -0.319.